The number of nitrogens with one attached hydrogen (secondary N) is 1. The summed E-state index contributed by atoms with van der Waals surface area (Å²) in [6.07, 6.45) is 4.69. The number of amides is 1. The smallest absolute Gasteiger partial charge is 0.217 e. The van der Waals surface area contributed by atoms with Gasteiger partial charge in [-0.3, -0.25) is 4.79 Å². The number of carbonyl (C=O) groups is 1. The standard InChI is InChI=1S/C18H34N2O2/c1-13(21)19-14-11-15(17(2,3)4)22-16(12-14)18(5)7-9-20(6)10-8-18/h14-16H,7-12H2,1-6H3,(H,19,21)/t14-,15-,16+/m0/s1. The zero-order valence-corrected chi connectivity index (χ0v) is 15.2. The van der Waals surface area contributed by atoms with Crippen molar-refractivity contribution in [2.24, 2.45) is 10.8 Å². The number of likely N-dealkylation sites (tertiary alicyclic amines) is 1. The van der Waals surface area contributed by atoms with Crippen molar-refractivity contribution >= 4 is 5.91 Å². The highest BCUT2D eigenvalue weighted by molar-refractivity contribution is 5.73. The fourth-order valence-electron chi connectivity index (χ4n) is 3.79. The molecular weight excluding hydrogens is 276 g/mol. The molecule has 2 aliphatic heterocycles. The third kappa shape index (κ3) is 4.23. The third-order valence-electron chi connectivity index (χ3n) is 5.61. The highest BCUT2D eigenvalue weighted by atomic mass is 16.5. The largest absolute Gasteiger partial charge is 0.374 e. The second-order valence-corrected chi connectivity index (χ2v) is 8.81. The lowest BCUT2D eigenvalue weighted by Gasteiger charge is -2.50. The molecule has 2 fully saturated rings. The molecule has 0 aromatic rings. The molecule has 0 radical (unpaired) electrons. The van der Waals surface area contributed by atoms with Crippen molar-refractivity contribution in [2.45, 2.75) is 78.6 Å². The van der Waals surface area contributed by atoms with Crippen molar-refractivity contribution in [1.29, 1.82) is 0 Å². The van der Waals surface area contributed by atoms with Gasteiger partial charge in [0, 0.05) is 13.0 Å². The zero-order chi connectivity index (χ0) is 16.5. The summed E-state index contributed by atoms with van der Waals surface area (Å²) < 4.78 is 6.57. The molecule has 0 unspecified atom stereocenters. The van der Waals surface area contributed by atoms with Crippen LogP contribution in [0, 0.1) is 10.8 Å². The summed E-state index contributed by atoms with van der Waals surface area (Å²) in [7, 11) is 2.19. The number of piperidine rings is 1. The number of nitrogens with zero attached hydrogens (tertiary/aromatic N) is 1. The van der Waals surface area contributed by atoms with Gasteiger partial charge < -0.3 is 15.0 Å². The van der Waals surface area contributed by atoms with Crippen LogP contribution in [0.1, 0.15) is 60.3 Å². The first-order chi connectivity index (χ1) is 10.1. The van der Waals surface area contributed by atoms with E-state index in [0.717, 1.165) is 25.9 Å². The Balaban J connectivity index is 2.13. The Morgan fingerprint density at radius 1 is 1.23 bits per heavy atom. The van der Waals surface area contributed by atoms with Gasteiger partial charge in [0.15, 0.2) is 0 Å². The molecule has 1 amide bonds. The van der Waals surface area contributed by atoms with E-state index in [1.54, 1.807) is 6.92 Å². The normalized spacial score (nSPS) is 33.5. The molecule has 2 rings (SSSR count). The average Bonchev–Trinajstić information content (AvgIpc) is 2.40. The van der Waals surface area contributed by atoms with E-state index in [4.69, 9.17) is 4.74 Å². The van der Waals surface area contributed by atoms with Crippen LogP contribution in [0.2, 0.25) is 0 Å². The van der Waals surface area contributed by atoms with Gasteiger partial charge in [-0.15, -0.1) is 0 Å². The summed E-state index contributed by atoms with van der Waals surface area (Å²) >= 11 is 0. The molecular formula is C18H34N2O2. The Bertz CT molecular complexity index is 394. The number of ether oxygens (including phenoxy) is 1. The summed E-state index contributed by atoms with van der Waals surface area (Å²) in [5.74, 6) is 0.0758. The molecule has 0 saturated carbocycles. The minimum absolute atomic E-state index is 0.0758. The fraction of sp³-hybridized carbons (Fsp3) is 0.944. The first-order valence-electron chi connectivity index (χ1n) is 8.71. The van der Waals surface area contributed by atoms with Crippen LogP contribution in [0.15, 0.2) is 0 Å². The Labute approximate surface area is 136 Å². The van der Waals surface area contributed by atoms with Gasteiger partial charge in [0.05, 0.1) is 12.2 Å². The molecule has 128 valence electrons. The first kappa shape index (κ1) is 17.7. The molecule has 2 aliphatic rings. The van der Waals surface area contributed by atoms with Crippen LogP contribution >= 0.6 is 0 Å². The lowest BCUT2D eigenvalue weighted by Crippen LogP contribution is -2.54. The van der Waals surface area contributed by atoms with Crippen LogP contribution in [-0.4, -0.2) is 49.2 Å². The maximum Gasteiger partial charge on any atom is 0.217 e. The SMILES string of the molecule is CC(=O)N[C@H]1C[C@@H](C(C)(C)C)O[C@@H](C2(C)CCN(C)CC2)C1. The van der Waals surface area contributed by atoms with Crippen LogP contribution in [0.3, 0.4) is 0 Å². The van der Waals surface area contributed by atoms with Crippen molar-refractivity contribution in [3.63, 3.8) is 0 Å². The molecule has 0 aromatic carbocycles. The van der Waals surface area contributed by atoms with Gasteiger partial charge in [-0.2, -0.15) is 0 Å². The molecule has 0 aliphatic carbocycles. The maximum absolute atomic E-state index is 11.5. The van der Waals surface area contributed by atoms with Crippen LogP contribution in [0.5, 0.6) is 0 Å². The van der Waals surface area contributed by atoms with Crippen molar-refractivity contribution in [3.8, 4) is 0 Å². The van der Waals surface area contributed by atoms with E-state index in [-0.39, 0.29) is 35.0 Å². The van der Waals surface area contributed by atoms with E-state index >= 15 is 0 Å². The van der Waals surface area contributed by atoms with Crippen LogP contribution in [0.4, 0.5) is 0 Å². The van der Waals surface area contributed by atoms with Crippen molar-refractivity contribution in [1.82, 2.24) is 10.2 Å². The predicted octanol–water partition coefficient (Wildman–Crippen LogP) is 2.82. The van der Waals surface area contributed by atoms with E-state index < -0.39 is 0 Å². The van der Waals surface area contributed by atoms with Crippen molar-refractivity contribution in [2.75, 3.05) is 20.1 Å². The summed E-state index contributed by atoms with van der Waals surface area (Å²) in [6, 6.07) is 0.247. The molecule has 4 nitrogen and oxygen atoms in total. The summed E-state index contributed by atoms with van der Waals surface area (Å²) in [5.41, 5.74) is 0.338. The minimum atomic E-state index is 0.0758. The Hall–Kier alpha value is -0.610. The van der Waals surface area contributed by atoms with Crippen LogP contribution in [-0.2, 0) is 9.53 Å². The molecule has 1 N–H and O–H groups in total. The van der Waals surface area contributed by atoms with E-state index in [0.29, 0.717) is 0 Å². The average molecular weight is 310 g/mol. The summed E-state index contributed by atoms with van der Waals surface area (Å²) in [6.45, 7) is 13.0. The highest BCUT2D eigenvalue weighted by Crippen LogP contribution is 2.43. The van der Waals surface area contributed by atoms with E-state index in [2.05, 4.69) is 45.0 Å². The zero-order valence-electron chi connectivity index (χ0n) is 15.2. The van der Waals surface area contributed by atoms with Crippen molar-refractivity contribution < 1.29 is 9.53 Å². The van der Waals surface area contributed by atoms with Gasteiger partial charge in [-0.05, 0) is 56.7 Å². The second kappa shape index (κ2) is 6.48. The summed E-state index contributed by atoms with van der Waals surface area (Å²) in [4.78, 5) is 13.9. The van der Waals surface area contributed by atoms with Gasteiger partial charge in [-0.25, -0.2) is 0 Å². The predicted molar refractivity (Wildman–Crippen MR) is 89.8 cm³/mol. The fourth-order valence-corrected chi connectivity index (χ4v) is 3.79. The topological polar surface area (TPSA) is 41.6 Å². The highest BCUT2D eigenvalue weighted by Gasteiger charge is 2.45. The van der Waals surface area contributed by atoms with E-state index in [1.807, 2.05) is 0 Å². The summed E-state index contributed by atoms with van der Waals surface area (Å²) in [5, 5.41) is 3.15. The molecule has 2 saturated heterocycles. The first-order valence-corrected chi connectivity index (χ1v) is 8.71. The van der Waals surface area contributed by atoms with Crippen LogP contribution in [0.25, 0.3) is 0 Å². The third-order valence-corrected chi connectivity index (χ3v) is 5.61. The van der Waals surface area contributed by atoms with Gasteiger partial charge in [0.25, 0.3) is 0 Å². The monoisotopic (exact) mass is 310 g/mol. The Morgan fingerprint density at radius 3 is 2.32 bits per heavy atom. The molecule has 0 aromatic heterocycles. The molecule has 3 atom stereocenters. The number of carbonyl (C=O) groups excluding carboxylic acids is 1. The Kier molecular flexibility index (Phi) is 5.23. The molecule has 2 heterocycles. The van der Waals surface area contributed by atoms with Crippen molar-refractivity contribution in [3.05, 3.63) is 0 Å². The molecule has 0 spiro atoms. The quantitative estimate of drug-likeness (QED) is 0.853. The number of hydrogen-bond acceptors (Lipinski definition) is 3. The second-order valence-electron chi connectivity index (χ2n) is 8.81. The number of rotatable bonds is 2. The molecule has 4 heteroatoms. The molecule has 0 bridgehead atoms. The maximum atomic E-state index is 11.5. The van der Waals surface area contributed by atoms with E-state index in [1.165, 1.54) is 12.8 Å². The van der Waals surface area contributed by atoms with Crippen LogP contribution < -0.4 is 5.32 Å². The van der Waals surface area contributed by atoms with Gasteiger partial charge >= 0.3 is 0 Å². The van der Waals surface area contributed by atoms with Gasteiger partial charge in [0.2, 0.25) is 5.91 Å². The van der Waals surface area contributed by atoms with Gasteiger partial charge in [-0.1, -0.05) is 27.7 Å². The van der Waals surface area contributed by atoms with Gasteiger partial charge in [0.1, 0.15) is 0 Å². The minimum Gasteiger partial charge on any atom is -0.374 e. The van der Waals surface area contributed by atoms with E-state index in [9.17, 15) is 4.79 Å². The lowest BCUT2D eigenvalue weighted by molar-refractivity contribution is -0.162. The number of hydrogen-bond donors (Lipinski definition) is 1. The Morgan fingerprint density at radius 2 is 1.82 bits per heavy atom. The molecule has 22 heavy (non-hydrogen) atoms. The lowest BCUT2D eigenvalue weighted by atomic mass is 9.71.